The number of halogens is 1. The van der Waals surface area contributed by atoms with Gasteiger partial charge in [-0.15, -0.1) is 0 Å². The van der Waals surface area contributed by atoms with E-state index in [2.05, 4.69) is 34.5 Å². The Labute approximate surface area is 108 Å². The lowest BCUT2D eigenvalue weighted by molar-refractivity contribution is 0.475. The van der Waals surface area contributed by atoms with E-state index in [1.165, 1.54) is 6.42 Å². The van der Waals surface area contributed by atoms with E-state index >= 15 is 0 Å². The smallest absolute Gasteiger partial charge is 0.214 e. The first-order valence-electron chi connectivity index (χ1n) is 6.06. The van der Waals surface area contributed by atoms with Crippen molar-refractivity contribution in [3.8, 4) is 0 Å². The third kappa shape index (κ3) is 4.34. The van der Waals surface area contributed by atoms with Crippen LogP contribution in [-0.2, 0) is 10.0 Å². The summed E-state index contributed by atoms with van der Waals surface area (Å²) in [5, 5.41) is -0.159. The molecule has 0 bridgehead atoms. The van der Waals surface area contributed by atoms with Crippen LogP contribution in [0.4, 0.5) is 0 Å². The molecule has 0 aromatic carbocycles. The predicted octanol–water partition coefficient (Wildman–Crippen LogP) is 2.66. The summed E-state index contributed by atoms with van der Waals surface area (Å²) < 4.78 is 26.7. The Hall–Kier alpha value is 0.390. The van der Waals surface area contributed by atoms with Crippen LogP contribution in [0.3, 0.4) is 0 Å². The van der Waals surface area contributed by atoms with Gasteiger partial charge in [-0.05, 0) is 18.8 Å². The first kappa shape index (κ1) is 14.5. The van der Waals surface area contributed by atoms with Gasteiger partial charge in [0.2, 0.25) is 10.0 Å². The molecule has 0 saturated heterocycles. The third-order valence-corrected chi connectivity index (χ3v) is 6.49. The van der Waals surface area contributed by atoms with E-state index in [0.717, 1.165) is 25.7 Å². The predicted molar refractivity (Wildman–Crippen MR) is 71.3 cm³/mol. The lowest BCUT2D eigenvalue weighted by Gasteiger charge is -2.23. The van der Waals surface area contributed by atoms with Crippen LogP contribution in [0, 0.1) is 5.92 Å². The summed E-state index contributed by atoms with van der Waals surface area (Å²) in [6.45, 7) is 4.65. The molecule has 1 unspecified atom stereocenters. The summed E-state index contributed by atoms with van der Waals surface area (Å²) in [7, 11) is -3.09. The monoisotopic (exact) mass is 311 g/mol. The minimum Gasteiger partial charge on any atom is -0.214 e. The molecule has 0 aromatic heterocycles. The van der Waals surface area contributed by atoms with Gasteiger partial charge in [0.1, 0.15) is 0 Å². The van der Waals surface area contributed by atoms with E-state index < -0.39 is 10.0 Å². The third-order valence-electron chi connectivity index (χ3n) is 3.19. The molecule has 0 spiro atoms. The van der Waals surface area contributed by atoms with Crippen molar-refractivity contribution < 1.29 is 8.42 Å². The van der Waals surface area contributed by atoms with Crippen LogP contribution >= 0.6 is 15.9 Å². The number of alkyl halides is 1. The summed E-state index contributed by atoms with van der Waals surface area (Å²) in [4.78, 5) is 0.214. The van der Waals surface area contributed by atoms with Gasteiger partial charge in [-0.2, -0.15) is 0 Å². The van der Waals surface area contributed by atoms with Crippen molar-refractivity contribution in [2.24, 2.45) is 5.92 Å². The molecule has 1 saturated carbocycles. The molecule has 16 heavy (non-hydrogen) atoms. The Morgan fingerprint density at radius 1 is 1.25 bits per heavy atom. The van der Waals surface area contributed by atoms with Crippen molar-refractivity contribution in [2.45, 2.75) is 56.0 Å². The first-order chi connectivity index (χ1) is 7.43. The van der Waals surface area contributed by atoms with Crippen LogP contribution in [0.15, 0.2) is 0 Å². The maximum absolute atomic E-state index is 12.0. The van der Waals surface area contributed by atoms with Gasteiger partial charge in [0.15, 0.2) is 0 Å². The first-order valence-corrected chi connectivity index (χ1v) is 8.52. The second kappa shape index (κ2) is 6.36. The normalized spacial score (nSPS) is 21.2. The molecule has 0 radical (unpaired) electrons. The standard InChI is InChI=1S/C11H22BrNO2S/c1-9(2)11(12)8-13-16(14,15)10-6-4-3-5-7-10/h9-11,13H,3-8H2,1-2H3. The second-order valence-corrected chi connectivity index (χ2v) is 8.14. The average Bonchev–Trinajstić information content (AvgIpc) is 2.27. The number of rotatable bonds is 5. The van der Waals surface area contributed by atoms with Crippen LogP contribution in [-0.4, -0.2) is 25.0 Å². The lowest BCUT2D eigenvalue weighted by Crippen LogP contribution is -2.39. The molecule has 1 aliphatic carbocycles. The highest BCUT2D eigenvalue weighted by molar-refractivity contribution is 9.09. The molecule has 0 amide bonds. The summed E-state index contributed by atoms with van der Waals surface area (Å²) in [6.07, 6.45) is 4.92. The fourth-order valence-corrected chi connectivity index (χ4v) is 3.90. The van der Waals surface area contributed by atoms with Crippen LogP contribution in [0.5, 0.6) is 0 Å². The quantitative estimate of drug-likeness (QED) is 0.793. The molecule has 0 heterocycles. The highest BCUT2D eigenvalue weighted by atomic mass is 79.9. The second-order valence-electron chi connectivity index (χ2n) is 4.91. The summed E-state index contributed by atoms with van der Waals surface area (Å²) in [5.41, 5.74) is 0. The number of hydrogen-bond donors (Lipinski definition) is 1. The van der Waals surface area contributed by atoms with Crippen LogP contribution < -0.4 is 4.72 Å². The van der Waals surface area contributed by atoms with E-state index in [9.17, 15) is 8.42 Å². The number of sulfonamides is 1. The molecule has 0 aliphatic heterocycles. The van der Waals surface area contributed by atoms with Crippen molar-refractivity contribution >= 4 is 26.0 Å². The van der Waals surface area contributed by atoms with Crippen molar-refractivity contribution in [2.75, 3.05) is 6.54 Å². The van der Waals surface area contributed by atoms with E-state index in [0.29, 0.717) is 12.5 Å². The van der Waals surface area contributed by atoms with E-state index in [1.807, 2.05) is 0 Å². The molecule has 1 rings (SSSR count). The van der Waals surface area contributed by atoms with Crippen LogP contribution in [0.1, 0.15) is 46.0 Å². The van der Waals surface area contributed by atoms with Crippen molar-refractivity contribution in [1.29, 1.82) is 0 Å². The number of hydrogen-bond acceptors (Lipinski definition) is 2. The molecule has 1 fully saturated rings. The van der Waals surface area contributed by atoms with E-state index in [-0.39, 0.29) is 10.1 Å². The zero-order chi connectivity index (χ0) is 12.2. The maximum atomic E-state index is 12.0. The Kier molecular flexibility index (Phi) is 5.74. The maximum Gasteiger partial charge on any atom is 0.214 e. The molecule has 3 nitrogen and oxygen atoms in total. The fourth-order valence-electron chi connectivity index (χ4n) is 1.92. The summed E-state index contributed by atoms with van der Waals surface area (Å²) >= 11 is 3.49. The lowest BCUT2D eigenvalue weighted by atomic mass is 10.0. The molecule has 5 heteroatoms. The fraction of sp³-hybridized carbons (Fsp3) is 1.00. The van der Waals surface area contributed by atoms with Gasteiger partial charge < -0.3 is 0 Å². The van der Waals surface area contributed by atoms with Crippen molar-refractivity contribution in [3.63, 3.8) is 0 Å². The van der Waals surface area contributed by atoms with Crippen molar-refractivity contribution in [1.82, 2.24) is 4.72 Å². The molecule has 96 valence electrons. The van der Waals surface area contributed by atoms with Gasteiger partial charge in [-0.3, -0.25) is 0 Å². The molecule has 0 aromatic rings. The summed E-state index contributed by atoms with van der Waals surface area (Å²) in [6, 6.07) is 0. The Morgan fingerprint density at radius 2 is 1.81 bits per heavy atom. The van der Waals surface area contributed by atoms with Gasteiger partial charge in [-0.1, -0.05) is 49.0 Å². The largest absolute Gasteiger partial charge is 0.214 e. The molecule has 1 N–H and O–H groups in total. The van der Waals surface area contributed by atoms with Gasteiger partial charge in [-0.25, -0.2) is 13.1 Å². The van der Waals surface area contributed by atoms with Gasteiger partial charge in [0, 0.05) is 11.4 Å². The Morgan fingerprint density at radius 3 is 2.31 bits per heavy atom. The van der Waals surface area contributed by atoms with Crippen LogP contribution in [0.25, 0.3) is 0 Å². The molecule has 1 aliphatic rings. The van der Waals surface area contributed by atoms with Gasteiger partial charge >= 0.3 is 0 Å². The summed E-state index contributed by atoms with van der Waals surface area (Å²) in [5.74, 6) is 0.439. The molecule has 1 atom stereocenters. The Balaban J connectivity index is 2.44. The SMILES string of the molecule is CC(C)C(Br)CNS(=O)(=O)C1CCCCC1. The Bertz CT molecular complexity index is 297. The topological polar surface area (TPSA) is 46.2 Å². The highest BCUT2D eigenvalue weighted by Crippen LogP contribution is 2.23. The van der Waals surface area contributed by atoms with Crippen LogP contribution in [0.2, 0.25) is 0 Å². The van der Waals surface area contributed by atoms with Gasteiger partial charge in [0.25, 0.3) is 0 Å². The minimum absolute atomic E-state index is 0.159. The average molecular weight is 312 g/mol. The highest BCUT2D eigenvalue weighted by Gasteiger charge is 2.27. The molecular formula is C11H22BrNO2S. The van der Waals surface area contributed by atoms with E-state index in [4.69, 9.17) is 0 Å². The zero-order valence-electron chi connectivity index (χ0n) is 10.1. The zero-order valence-corrected chi connectivity index (χ0v) is 12.5. The van der Waals surface area contributed by atoms with E-state index in [1.54, 1.807) is 0 Å². The minimum atomic E-state index is -3.09. The molecular weight excluding hydrogens is 290 g/mol. The van der Waals surface area contributed by atoms with Gasteiger partial charge in [0.05, 0.1) is 5.25 Å². The van der Waals surface area contributed by atoms with Crippen molar-refractivity contribution in [3.05, 3.63) is 0 Å². The number of nitrogens with one attached hydrogen (secondary N) is 1.